The van der Waals surface area contributed by atoms with Crippen molar-refractivity contribution in [2.45, 2.75) is 39.3 Å². The fraction of sp³-hybridized carbons (Fsp3) is 0.765. The van der Waals surface area contributed by atoms with Gasteiger partial charge >= 0.3 is 0 Å². The molecule has 1 unspecified atom stereocenters. The summed E-state index contributed by atoms with van der Waals surface area (Å²) in [4.78, 5) is 13.5. The summed E-state index contributed by atoms with van der Waals surface area (Å²) in [6.45, 7) is 9.64. The van der Waals surface area contributed by atoms with Crippen molar-refractivity contribution in [3.05, 3.63) is 18.0 Å². The highest BCUT2D eigenvalue weighted by molar-refractivity contribution is 5.30. The Morgan fingerprint density at radius 1 is 1.13 bits per heavy atom. The minimum atomic E-state index is -0.282. The minimum absolute atomic E-state index is 0.282. The van der Waals surface area contributed by atoms with Gasteiger partial charge in [-0.3, -0.25) is 0 Å². The smallest absolute Gasteiger partial charge is 0.225 e. The first kappa shape index (κ1) is 18.1. The third kappa shape index (κ3) is 5.41. The van der Waals surface area contributed by atoms with Crippen molar-refractivity contribution in [3.8, 4) is 0 Å². The standard InChI is InChI=1S/C17H31N5O/c1-4-15(5-2)16(23)13-18-10-14-11-19-17(20-12-14)22-8-6-21(3)7-9-22/h11-12,15-16,18,23H,4-10,13H2,1-3H3. The van der Waals surface area contributed by atoms with E-state index in [9.17, 15) is 5.11 Å². The van der Waals surface area contributed by atoms with Crippen LogP contribution < -0.4 is 10.2 Å². The number of aliphatic hydroxyl groups is 1. The van der Waals surface area contributed by atoms with E-state index in [4.69, 9.17) is 0 Å². The summed E-state index contributed by atoms with van der Waals surface area (Å²) in [5, 5.41) is 13.4. The number of aromatic nitrogens is 2. The summed E-state index contributed by atoms with van der Waals surface area (Å²) in [6, 6.07) is 0. The number of likely N-dealkylation sites (N-methyl/N-ethyl adjacent to an activating group) is 1. The Balaban J connectivity index is 1.77. The number of nitrogens with zero attached hydrogens (tertiary/aromatic N) is 4. The highest BCUT2D eigenvalue weighted by Crippen LogP contribution is 2.13. The zero-order valence-corrected chi connectivity index (χ0v) is 14.7. The molecule has 2 rings (SSSR count). The van der Waals surface area contributed by atoms with Crippen LogP contribution in [0.15, 0.2) is 12.4 Å². The second kappa shape index (κ2) is 9.15. The number of rotatable bonds is 8. The van der Waals surface area contributed by atoms with Crippen LogP contribution in [0.2, 0.25) is 0 Å². The fourth-order valence-electron chi connectivity index (χ4n) is 2.97. The molecule has 0 saturated carbocycles. The first-order valence-corrected chi connectivity index (χ1v) is 8.77. The third-order valence-corrected chi connectivity index (χ3v) is 4.75. The summed E-state index contributed by atoms with van der Waals surface area (Å²) in [6.07, 6.45) is 5.52. The summed E-state index contributed by atoms with van der Waals surface area (Å²) in [7, 11) is 2.14. The van der Waals surface area contributed by atoms with Crippen molar-refractivity contribution < 1.29 is 5.11 Å². The number of aliphatic hydroxyl groups excluding tert-OH is 1. The average Bonchev–Trinajstić information content (AvgIpc) is 2.57. The Labute approximate surface area is 139 Å². The lowest BCUT2D eigenvalue weighted by atomic mass is 9.96. The fourth-order valence-corrected chi connectivity index (χ4v) is 2.97. The van der Waals surface area contributed by atoms with Crippen molar-refractivity contribution in [2.24, 2.45) is 5.92 Å². The van der Waals surface area contributed by atoms with Gasteiger partial charge in [-0.2, -0.15) is 0 Å². The molecule has 1 atom stereocenters. The SMILES string of the molecule is CCC(CC)C(O)CNCc1cnc(N2CCN(C)CC2)nc1. The van der Waals surface area contributed by atoms with E-state index in [1.54, 1.807) is 0 Å². The highest BCUT2D eigenvalue weighted by atomic mass is 16.3. The van der Waals surface area contributed by atoms with Crippen LogP contribution in [-0.4, -0.2) is 65.8 Å². The van der Waals surface area contributed by atoms with Gasteiger partial charge in [-0.15, -0.1) is 0 Å². The van der Waals surface area contributed by atoms with Crippen molar-refractivity contribution in [1.29, 1.82) is 0 Å². The maximum absolute atomic E-state index is 10.1. The van der Waals surface area contributed by atoms with Gasteiger partial charge in [-0.25, -0.2) is 9.97 Å². The van der Waals surface area contributed by atoms with Gasteiger partial charge in [0.05, 0.1) is 6.10 Å². The lowest BCUT2D eigenvalue weighted by Gasteiger charge is -2.32. The molecule has 0 aliphatic carbocycles. The van der Waals surface area contributed by atoms with E-state index >= 15 is 0 Å². The summed E-state index contributed by atoms with van der Waals surface area (Å²) < 4.78 is 0. The largest absolute Gasteiger partial charge is 0.392 e. The Morgan fingerprint density at radius 3 is 2.30 bits per heavy atom. The van der Waals surface area contributed by atoms with Crippen LogP contribution in [0.3, 0.4) is 0 Å². The molecule has 6 nitrogen and oxygen atoms in total. The lowest BCUT2D eigenvalue weighted by molar-refractivity contribution is 0.101. The van der Waals surface area contributed by atoms with Gasteiger partial charge in [0.15, 0.2) is 0 Å². The molecule has 1 aliphatic rings. The van der Waals surface area contributed by atoms with E-state index in [0.29, 0.717) is 19.0 Å². The van der Waals surface area contributed by atoms with Gasteiger partial charge in [-0.1, -0.05) is 26.7 Å². The van der Waals surface area contributed by atoms with Crippen LogP contribution >= 0.6 is 0 Å². The van der Waals surface area contributed by atoms with Crippen molar-refractivity contribution in [1.82, 2.24) is 20.2 Å². The van der Waals surface area contributed by atoms with E-state index in [0.717, 1.165) is 50.5 Å². The van der Waals surface area contributed by atoms with Gasteiger partial charge < -0.3 is 20.2 Å². The van der Waals surface area contributed by atoms with Crippen LogP contribution in [0.1, 0.15) is 32.3 Å². The molecule has 1 aromatic rings. The first-order chi connectivity index (χ1) is 11.1. The van der Waals surface area contributed by atoms with Crippen LogP contribution in [0.25, 0.3) is 0 Å². The van der Waals surface area contributed by atoms with Gasteiger partial charge in [0.1, 0.15) is 0 Å². The van der Waals surface area contributed by atoms with E-state index in [1.807, 2.05) is 12.4 Å². The maximum atomic E-state index is 10.1. The molecule has 0 aromatic carbocycles. The topological polar surface area (TPSA) is 64.5 Å². The Kier molecular flexibility index (Phi) is 7.20. The molecule has 0 bridgehead atoms. The molecular weight excluding hydrogens is 290 g/mol. The molecule has 1 saturated heterocycles. The first-order valence-electron chi connectivity index (χ1n) is 8.77. The van der Waals surface area contributed by atoms with Crippen LogP contribution in [-0.2, 0) is 6.54 Å². The lowest BCUT2D eigenvalue weighted by Crippen LogP contribution is -2.45. The molecule has 2 heterocycles. The quantitative estimate of drug-likeness (QED) is 0.748. The van der Waals surface area contributed by atoms with Gasteiger partial charge in [0, 0.05) is 57.2 Å². The number of hydrogen-bond acceptors (Lipinski definition) is 6. The molecule has 2 N–H and O–H groups in total. The zero-order chi connectivity index (χ0) is 16.7. The summed E-state index contributed by atoms with van der Waals surface area (Å²) in [5.74, 6) is 1.19. The molecule has 0 spiro atoms. The number of hydrogen-bond donors (Lipinski definition) is 2. The van der Waals surface area contributed by atoms with Crippen molar-refractivity contribution in [2.75, 3.05) is 44.7 Å². The van der Waals surface area contributed by atoms with Crippen molar-refractivity contribution >= 4 is 5.95 Å². The molecule has 1 fully saturated rings. The number of nitrogens with one attached hydrogen (secondary N) is 1. The van der Waals surface area contributed by atoms with Crippen LogP contribution in [0.4, 0.5) is 5.95 Å². The Hall–Kier alpha value is -1.24. The predicted octanol–water partition coefficient (Wildman–Crippen LogP) is 1.12. The third-order valence-electron chi connectivity index (χ3n) is 4.75. The highest BCUT2D eigenvalue weighted by Gasteiger charge is 2.16. The van der Waals surface area contributed by atoms with E-state index in [-0.39, 0.29) is 6.10 Å². The number of anilines is 1. The normalized spacial score (nSPS) is 17.7. The van der Waals surface area contributed by atoms with Crippen LogP contribution in [0, 0.1) is 5.92 Å². The van der Waals surface area contributed by atoms with E-state index in [1.165, 1.54) is 0 Å². The molecule has 1 aromatic heterocycles. The Morgan fingerprint density at radius 2 is 1.74 bits per heavy atom. The van der Waals surface area contributed by atoms with Crippen LogP contribution in [0.5, 0.6) is 0 Å². The molecule has 23 heavy (non-hydrogen) atoms. The molecule has 0 radical (unpaired) electrons. The predicted molar refractivity (Wildman–Crippen MR) is 93.5 cm³/mol. The van der Waals surface area contributed by atoms with E-state index in [2.05, 4.69) is 46.0 Å². The Bertz CT molecular complexity index is 441. The van der Waals surface area contributed by atoms with Gasteiger partial charge in [-0.05, 0) is 13.0 Å². The summed E-state index contributed by atoms with van der Waals surface area (Å²) >= 11 is 0. The average molecular weight is 321 g/mol. The van der Waals surface area contributed by atoms with Gasteiger partial charge in [0.2, 0.25) is 5.95 Å². The molecule has 0 amide bonds. The minimum Gasteiger partial charge on any atom is -0.392 e. The summed E-state index contributed by atoms with van der Waals surface area (Å²) in [5.41, 5.74) is 1.06. The second-order valence-corrected chi connectivity index (χ2v) is 6.46. The number of piperazine rings is 1. The van der Waals surface area contributed by atoms with Gasteiger partial charge in [0.25, 0.3) is 0 Å². The molecule has 6 heteroatoms. The zero-order valence-electron chi connectivity index (χ0n) is 14.7. The molecule has 1 aliphatic heterocycles. The maximum Gasteiger partial charge on any atom is 0.225 e. The second-order valence-electron chi connectivity index (χ2n) is 6.46. The van der Waals surface area contributed by atoms with E-state index < -0.39 is 0 Å². The molecule has 130 valence electrons. The van der Waals surface area contributed by atoms with Crippen molar-refractivity contribution in [3.63, 3.8) is 0 Å². The molecular formula is C17H31N5O. The monoisotopic (exact) mass is 321 g/mol.